The molecule has 0 saturated carbocycles. The highest BCUT2D eigenvalue weighted by molar-refractivity contribution is 5.67. The van der Waals surface area contributed by atoms with E-state index in [1.54, 1.807) is 0 Å². The third kappa shape index (κ3) is 19.3. The smallest absolute Gasteiger partial charge is 0.407 e. The molecule has 0 fully saturated rings. The van der Waals surface area contributed by atoms with Crippen LogP contribution in [0.25, 0.3) is 0 Å². The van der Waals surface area contributed by atoms with Gasteiger partial charge in [-0.05, 0) is 26.7 Å². The number of alkyl carbamates (subject to hydrolysis) is 1. The molecule has 25 heavy (non-hydrogen) atoms. The van der Waals surface area contributed by atoms with E-state index in [-0.39, 0.29) is 0 Å². The van der Waals surface area contributed by atoms with E-state index < -0.39 is 11.7 Å². The van der Waals surface area contributed by atoms with E-state index in [4.69, 9.17) is 23.7 Å². The molecular formula is C18H37NO6. The Kier molecular flexibility index (Phi) is 14.8. The Balaban J connectivity index is 3.18. The van der Waals surface area contributed by atoms with Crippen molar-refractivity contribution in [1.82, 2.24) is 5.32 Å². The first kappa shape index (κ1) is 24.1. The summed E-state index contributed by atoms with van der Waals surface area (Å²) in [5, 5.41) is 2.63. The van der Waals surface area contributed by atoms with Gasteiger partial charge < -0.3 is 29.0 Å². The molecule has 1 atom stereocenters. The van der Waals surface area contributed by atoms with Gasteiger partial charge in [-0.25, -0.2) is 4.79 Å². The molecule has 0 heterocycles. The SMILES string of the molecule is CCC(C)COCCOCCOCCOCCNC(=O)OC(C)(C)C. The Hall–Kier alpha value is -0.890. The van der Waals surface area contributed by atoms with Gasteiger partial charge in [-0.2, -0.15) is 0 Å². The van der Waals surface area contributed by atoms with Crippen LogP contribution in [0.4, 0.5) is 4.79 Å². The van der Waals surface area contributed by atoms with Crippen LogP contribution in [0.1, 0.15) is 41.0 Å². The van der Waals surface area contributed by atoms with Crippen LogP contribution in [0.15, 0.2) is 0 Å². The van der Waals surface area contributed by atoms with Crippen LogP contribution < -0.4 is 5.32 Å². The van der Waals surface area contributed by atoms with Crippen molar-refractivity contribution in [1.29, 1.82) is 0 Å². The van der Waals surface area contributed by atoms with Crippen molar-refractivity contribution >= 4 is 6.09 Å². The number of carbonyl (C=O) groups excluding carboxylic acids is 1. The molecule has 0 aromatic rings. The first-order chi connectivity index (χ1) is 11.8. The van der Waals surface area contributed by atoms with Gasteiger partial charge in [-0.1, -0.05) is 20.3 Å². The normalized spacial score (nSPS) is 12.8. The number of ether oxygens (including phenoxy) is 5. The van der Waals surface area contributed by atoms with Crippen molar-refractivity contribution in [3.63, 3.8) is 0 Å². The van der Waals surface area contributed by atoms with E-state index in [1.165, 1.54) is 0 Å². The van der Waals surface area contributed by atoms with Crippen molar-refractivity contribution in [3.8, 4) is 0 Å². The summed E-state index contributed by atoms with van der Waals surface area (Å²) in [6, 6.07) is 0. The molecule has 0 rings (SSSR count). The van der Waals surface area contributed by atoms with Crippen LogP contribution in [0.5, 0.6) is 0 Å². The van der Waals surface area contributed by atoms with Crippen molar-refractivity contribution in [2.24, 2.45) is 5.92 Å². The number of nitrogens with one attached hydrogen (secondary N) is 1. The summed E-state index contributed by atoms with van der Waals surface area (Å²) in [6.07, 6.45) is 0.700. The molecule has 1 amide bonds. The van der Waals surface area contributed by atoms with Crippen LogP contribution in [0, 0.1) is 5.92 Å². The fourth-order valence-electron chi connectivity index (χ4n) is 1.60. The molecule has 0 aromatic heterocycles. The number of rotatable bonds is 15. The van der Waals surface area contributed by atoms with Gasteiger partial charge >= 0.3 is 6.09 Å². The monoisotopic (exact) mass is 363 g/mol. The third-order valence-corrected chi connectivity index (χ3v) is 3.13. The highest BCUT2D eigenvalue weighted by Gasteiger charge is 2.15. The van der Waals surface area contributed by atoms with Crippen LogP contribution in [0.2, 0.25) is 0 Å². The Bertz CT molecular complexity index is 319. The minimum absolute atomic E-state index is 0.411. The Labute approximate surface area is 152 Å². The summed E-state index contributed by atoms with van der Waals surface area (Å²) >= 11 is 0. The fraction of sp³-hybridized carbons (Fsp3) is 0.944. The van der Waals surface area contributed by atoms with Crippen molar-refractivity contribution in [3.05, 3.63) is 0 Å². The zero-order chi connectivity index (χ0) is 19.0. The fourth-order valence-corrected chi connectivity index (χ4v) is 1.60. The van der Waals surface area contributed by atoms with Gasteiger partial charge in [0.05, 0.1) is 46.2 Å². The number of carbonyl (C=O) groups is 1. The summed E-state index contributed by atoms with van der Waals surface area (Å²) in [5.74, 6) is 0.600. The molecular weight excluding hydrogens is 326 g/mol. The van der Waals surface area contributed by atoms with Crippen LogP contribution in [-0.2, 0) is 23.7 Å². The first-order valence-corrected chi connectivity index (χ1v) is 9.13. The standard InChI is InChI=1S/C18H37NO6/c1-6-16(2)15-24-14-13-23-12-11-22-10-9-21-8-7-19-17(20)25-18(3,4)5/h16H,6-15H2,1-5H3,(H,19,20). The highest BCUT2D eigenvalue weighted by atomic mass is 16.6. The summed E-state index contributed by atoms with van der Waals surface area (Å²) in [4.78, 5) is 11.4. The van der Waals surface area contributed by atoms with E-state index in [1.807, 2.05) is 20.8 Å². The summed E-state index contributed by atoms with van der Waals surface area (Å²) in [6.45, 7) is 14.7. The van der Waals surface area contributed by atoms with Crippen molar-refractivity contribution in [2.45, 2.75) is 46.6 Å². The van der Waals surface area contributed by atoms with Crippen LogP contribution in [-0.4, -0.2) is 71.1 Å². The van der Waals surface area contributed by atoms with Gasteiger partial charge in [0.25, 0.3) is 0 Å². The molecule has 0 aliphatic carbocycles. The van der Waals surface area contributed by atoms with Crippen LogP contribution in [0.3, 0.4) is 0 Å². The summed E-state index contributed by atoms with van der Waals surface area (Å²) in [7, 11) is 0. The molecule has 7 heteroatoms. The average Bonchev–Trinajstić information content (AvgIpc) is 2.53. The lowest BCUT2D eigenvalue weighted by molar-refractivity contribution is -0.00531. The zero-order valence-corrected chi connectivity index (χ0v) is 16.6. The summed E-state index contributed by atoms with van der Waals surface area (Å²) in [5.41, 5.74) is -0.485. The predicted molar refractivity (Wildman–Crippen MR) is 97.0 cm³/mol. The highest BCUT2D eigenvalue weighted by Crippen LogP contribution is 2.06. The topological polar surface area (TPSA) is 75.3 Å². The number of hydrogen-bond acceptors (Lipinski definition) is 6. The molecule has 0 aliphatic rings. The number of hydrogen-bond donors (Lipinski definition) is 1. The van der Waals surface area contributed by atoms with Gasteiger partial charge in [0, 0.05) is 13.2 Å². The lowest BCUT2D eigenvalue weighted by atomic mass is 10.1. The van der Waals surface area contributed by atoms with Crippen LogP contribution >= 0.6 is 0 Å². The molecule has 0 aliphatic heterocycles. The maximum Gasteiger partial charge on any atom is 0.407 e. The van der Waals surface area contributed by atoms with E-state index in [0.29, 0.717) is 58.7 Å². The van der Waals surface area contributed by atoms with Gasteiger partial charge in [0.2, 0.25) is 0 Å². The Morgan fingerprint density at radius 3 is 1.84 bits per heavy atom. The maximum atomic E-state index is 11.4. The van der Waals surface area contributed by atoms with Crippen molar-refractivity contribution < 1.29 is 28.5 Å². The van der Waals surface area contributed by atoms with Crippen molar-refractivity contribution in [2.75, 3.05) is 59.4 Å². The maximum absolute atomic E-state index is 11.4. The van der Waals surface area contributed by atoms with E-state index in [9.17, 15) is 4.79 Å². The average molecular weight is 363 g/mol. The molecule has 1 unspecified atom stereocenters. The second-order valence-corrected chi connectivity index (χ2v) is 6.85. The molecule has 7 nitrogen and oxygen atoms in total. The minimum Gasteiger partial charge on any atom is -0.444 e. The summed E-state index contributed by atoms with van der Waals surface area (Å²) < 4.78 is 26.7. The minimum atomic E-state index is -0.485. The quantitative estimate of drug-likeness (QED) is 0.451. The Morgan fingerprint density at radius 1 is 0.880 bits per heavy atom. The zero-order valence-electron chi connectivity index (χ0n) is 16.6. The second kappa shape index (κ2) is 15.4. The molecule has 150 valence electrons. The van der Waals surface area contributed by atoms with Gasteiger partial charge in [-0.15, -0.1) is 0 Å². The molecule has 1 N–H and O–H groups in total. The first-order valence-electron chi connectivity index (χ1n) is 9.13. The molecule has 0 saturated heterocycles. The third-order valence-electron chi connectivity index (χ3n) is 3.13. The molecule has 0 bridgehead atoms. The Morgan fingerprint density at radius 2 is 1.36 bits per heavy atom. The second-order valence-electron chi connectivity index (χ2n) is 6.85. The van der Waals surface area contributed by atoms with E-state index >= 15 is 0 Å². The largest absolute Gasteiger partial charge is 0.444 e. The number of amides is 1. The molecule has 0 aromatic carbocycles. The molecule has 0 spiro atoms. The van der Waals surface area contributed by atoms with E-state index in [2.05, 4.69) is 19.2 Å². The molecule has 0 radical (unpaired) electrons. The van der Waals surface area contributed by atoms with Gasteiger partial charge in [0.1, 0.15) is 5.60 Å². The lowest BCUT2D eigenvalue weighted by Gasteiger charge is -2.19. The lowest BCUT2D eigenvalue weighted by Crippen LogP contribution is -2.34. The predicted octanol–water partition coefficient (Wildman–Crippen LogP) is 2.62. The van der Waals surface area contributed by atoms with E-state index in [0.717, 1.165) is 13.0 Å². The van der Waals surface area contributed by atoms with Gasteiger partial charge in [0.15, 0.2) is 0 Å². The van der Waals surface area contributed by atoms with Gasteiger partial charge in [-0.3, -0.25) is 0 Å².